The number of rotatable bonds is 4. The Morgan fingerprint density at radius 3 is 2.68 bits per heavy atom. The zero-order valence-electron chi connectivity index (χ0n) is 11.2. The lowest BCUT2D eigenvalue weighted by atomic mass is 10.1. The van der Waals surface area contributed by atoms with Crippen molar-refractivity contribution in [1.82, 2.24) is 0 Å². The first kappa shape index (κ1) is 14.5. The normalized spacial score (nSPS) is 21.0. The Hall–Kier alpha value is -0.910. The zero-order chi connectivity index (χ0) is 13.7. The fourth-order valence-corrected chi connectivity index (χ4v) is 2.99. The van der Waals surface area contributed by atoms with Gasteiger partial charge in [0.05, 0.1) is 17.6 Å². The molecule has 1 aromatic rings. The van der Waals surface area contributed by atoms with E-state index < -0.39 is 10.1 Å². The Morgan fingerprint density at radius 2 is 1.95 bits per heavy atom. The highest BCUT2D eigenvalue weighted by molar-refractivity contribution is 7.86. The maximum atomic E-state index is 12.0. The number of hydrogen-bond acceptors (Lipinski definition) is 4. The molecule has 0 amide bonds. The second-order valence-corrected chi connectivity index (χ2v) is 6.51. The molecule has 1 atom stereocenters. The van der Waals surface area contributed by atoms with Crippen molar-refractivity contribution in [3.63, 3.8) is 0 Å². The summed E-state index contributed by atoms with van der Waals surface area (Å²) >= 11 is 0. The lowest BCUT2D eigenvalue weighted by Gasteiger charge is -2.14. The average molecular weight is 284 g/mol. The number of ether oxygens (including phenoxy) is 1. The van der Waals surface area contributed by atoms with E-state index >= 15 is 0 Å². The Labute approximate surface area is 114 Å². The highest BCUT2D eigenvalue weighted by Gasteiger charge is 2.19. The fraction of sp³-hybridized carbons (Fsp3) is 0.571. The summed E-state index contributed by atoms with van der Waals surface area (Å²) in [7, 11) is -3.67. The predicted octanol–water partition coefficient (Wildman–Crippen LogP) is 2.66. The quantitative estimate of drug-likeness (QED) is 0.798. The fourth-order valence-electron chi connectivity index (χ4n) is 2.05. The molecule has 1 aliphatic heterocycles. The van der Waals surface area contributed by atoms with Gasteiger partial charge in [-0.15, -0.1) is 0 Å². The van der Waals surface area contributed by atoms with Crippen LogP contribution < -0.4 is 0 Å². The first-order valence-electron chi connectivity index (χ1n) is 6.66. The monoisotopic (exact) mass is 284 g/mol. The van der Waals surface area contributed by atoms with E-state index in [2.05, 4.69) is 0 Å². The van der Waals surface area contributed by atoms with Gasteiger partial charge in [0, 0.05) is 6.61 Å². The molecule has 0 aliphatic carbocycles. The molecule has 0 saturated carbocycles. The van der Waals surface area contributed by atoms with Crippen LogP contribution in [0.4, 0.5) is 0 Å². The Bertz CT molecular complexity index is 485. The molecule has 5 heteroatoms. The molecule has 1 heterocycles. The maximum absolute atomic E-state index is 12.0. The number of hydrogen-bond donors (Lipinski definition) is 0. The van der Waals surface area contributed by atoms with E-state index in [0.717, 1.165) is 31.2 Å². The summed E-state index contributed by atoms with van der Waals surface area (Å²) in [4.78, 5) is 0.201. The summed E-state index contributed by atoms with van der Waals surface area (Å²) in [6.07, 6.45) is 4.01. The SMILES string of the molecule is Cc1ccc(S(=O)(=O)OCC2CCCCCO2)cc1. The third kappa shape index (κ3) is 4.30. The van der Waals surface area contributed by atoms with Gasteiger partial charge in [-0.05, 0) is 31.9 Å². The first-order valence-corrected chi connectivity index (χ1v) is 8.06. The van der Waals surface area contributed by atoms with Gasteiger partial charge in [-0.25, -0.2) is 0 Å². The second-order valence-electron chi connectivity index (χ2n) is 4.89. The van der Waals surface area contributed by atoms with Crippen LogP contribution in [-0.2, 0) is 19.0 Å². The third-order valence-electron chi connectivity index (χ3n) is 3.24. The van der Waals surface area contributed by atoms with Crippen molar-refractivity contribution in [2.75, 3.05) is 13.2 Å². The maximum Gasteiger partial charge on any atom is 0.297 e. The number of aryl methyl sites for hydroxylation is 1. The van der Waals surface area contributed by atoms with Crippen LogP contribution in [0, 0.1) is 6.92 Å². The van der Waals surface area contributed by atoms with Crippen LogP contribution in [-0.4, -0.2) is 27.7 Å². The molecule has 19 heavy (non-hydrogen) atoms. The largest absolute Gasteiger partial charge is 0.376 e. The molecule has 1 saturated heterocycles. The van der Waals surface area contributed by atoms with Gasteiger partial charge < -0.3 is 4.74 Å². The molecule has 1 aromatic carbocycles. The topological polar surface area (TPSA) is 52.6 Å². The molecule has 0 N–H and O–H groups in total. The Balaban J connectivity index is 1.95. The van der Waals surface area contributed by atoms with Crippen molar-refractivity contribution in [3.05, 3.63) is 29.8 Å². The summed E-state index contributed by atoms with van der Waals surface area (Å²) in [5.74, 6) is 0. The molecule has 1 unspecified atom stereocenters. The van der Waals surface area contributed by atoms with Crippen molar-refractivity contribution in [2.45, 2.75) is 43.6 Å². The van der Waals surface area contributed by atoms with Crippen molar-refractivity contribution >= 4 is 10.1 Å². The van der Waals surface area contributed by atoms with Crippen LogP contribution in [0.25, 0.3) is 0 Å². The molecule has 0 aromatic heterocycles. The summed E-state index contributed by atoms with van der Waals surface area (Å²) in [5.41, 5.74) is 1.02. The van der Waals surface area contributed by atoms with Crippen molar-refractivity contribution < 1.29 is 17.3 Å². The van der Waals surface area contributed by atoms with E-state index in [0.29, 0.717) is 6.61 Å². The van der Waals surface area contributed by atoms with Gasteiger partial charge in [0.25, 0.3) is 10.1 Å². The predicted molar refractivity (Wildman–Crippen MR) is 72.5 cm³/mol. The standard InChI is InChI=1S/C14H20O4S/c1-12-6-8-14(9-7-12)19(15,16)18-11-13-5-3-2-4-10-17-13/h6-9,13H,2-5,10-11H2,1H3. The van der Waals surface area contributed by atoms with Gasteiger partial charge in [0.1, 0.15) is 0 Å². The molecule has 1 aliphatic rings. The minimum Gasteiger partial charge on any atom is -0.376 e. The van der Waals surface area contributed by atoms with Gasteiger partial charge in [0.2, 0.25) is 0 Å². The van der Waals surface area contributed by atoms with Crippen LogP contribution in [0.15, 0.2) is 29.2 Å². The van der Waals surface area contributed by atoms with Crippen LogP contribution in [0.1, 0.15) is 31.2 Å². The van der Waals surface area contributed by atoms with Gasteiger partial charge in [-0.1, -0.05) is 30.5 Å². The van der Waals surface area contributed by atoms with Crippen molar-refractivity contribution in [3.8, 4) is 0 Å². The van der Waals surface area contributed by atoms with Crippen molar-refractivity contribution in [1.29, 1.82) is 0 Å². The smallest absolute Gasteiger partial charge is 0.297 e. The molecule has 0 bridgehead atoms. The molecule has 4 nitrogen and oxygen atoms in total. The molecule has 2 rings (SSSR count). The second kappa shape index (κ2) is 6.50. The number of benzene rings is 1. The zero-order valence-corrected chi connectivity index (χ0v) is 12.0. The molecule has 0 radical (unpaired) electrons. The van der Waals surface area contributed by atoms with Gasteiger partial charge >= 0.3 is 0 Å². The van der Waals surface area contributed by atoms with Crippen LogP contribution >= 0.6 is 0 Å². The average Bonchev–Trinajstić information content (AvgIpc) is 2.65. The molecule has 106 valence electrons. The Morgan fingerprint density at radius 1 is 1.21 bits per heavy atom. The third-order valence-corrected chi connectivity index (χ3v) is 4.54. The minimum atomic E-state index is -3.67. The summed E-state index contributed by atoms with van der Waals surface area (Å²) in [6.45, 7) is 2.71. The van der Waals surface area contributed by atoms with Gasteiger partial charge in [-0.2, -0.15) is 8.42 Å². The summed E-state index contributed by atoms with van der Waals surface area (Å²) < 4.78 is 34.7. The molecule has 1 fully saturated rings. The van der Waals surface area contributed by atoms with Crippen molar-refractivity contribution in [2.24, 2.45) is 0 Å². The highest BCUT2D eigenvalue weighted by Crippen LogP contribution is 2.17. The van der Waals surface area contributed by atoms with E-state index in [-0.39, 0.29) is 17.6 Å². The van der Waals surface area contributed by atoms with E-state index in [1.165, 1.54) is 0 Å². The molecular formula is C14H20O4S. The Kier molecular flexibility index (Phi) is 4.96. The van der Waals surface area contributed by atoms with Crippen LogP contribution in [0.2, 0.25) is 0 Å². The summed E-state index contributed by atoms with van der Waals surface area (Å²) in [5, 5.41) is 0. The van der Waals surface area contributed by atoms with Crippen LogP contribution in [0.5, 0.6) is 0 Å². The van der Waals surface area contributed by atoms with Gasteiger partial charge in [-0.3, -0.25) is 4.18 Å². The molecular weight excluding hydrogens is 264 g/mol. The van der Waals surface area contributed by atoms with Gasteiger partial charge in [0.15, 0.2) is 0 Å². The van der Waals surface area contributed by atoms with E-state index in [9.17, 15) is 8.42 Å². The summed E-state index contributed by atoms with van der Waals surface area (Å²) in [6, 6.07) is 6.66. The van der Waals surface area contributed by atoms with Crippen LogP contribution in [0.3, 0.4) is 0 Å². The molecule has 0 spiro atoms. The minimum absolute atomic E-state index is 0.107. The lowest BCUT2D eigenvalue weighted by molar-refractivity contribution is 0.0264. The van der Waals surface area contributed by atoms with E-state index in [1.54, 1.807) is 24.3 Å². The van der Waals surface area contributed by atoms with E-state index in [4.69, 9.17) is 8.92 Å². The highest BCUT2D eigenvalue weighted by atomic mass is 32.2. The van der Waals surface area contributed by atoms with E-state index in [1.807, 2.05) is 6.92 Å². The lowest BCUT2D eigenvalue weighted by Crippen LogP contribution is -2.21. The first-order chi connectivity index (χ1) is 9.08.